The first-order chi connectivity index (χ1) is 10.6. The fourth-order valence-electron chi connectivity index (χ4n) is 3.33. The zero-order chi connectivity index (χ0) is 16.0. The van der Waals surface area contributed by atoms with Gasteiger partial charge in [-0.3, -0.25) is 0 Å². The fourth-order valence-corrected chi connectivity index (χ4v) is 3.33. The largest absolute Gasteiger partial charge is 0.379 e. The van der Waals surface area contributed by atoms with Gasteiger partial charge in [-0.15, -0.1) is 6.58 Å². The maximum Gasteiger partial charge on any atom is 0.0551 e. The average Bonchev–Trinajstić information content (AvgIpc) is 2.55. The van der Waals surface area contributed by atoms with E-state index in [1.54, 1.807) is 0 Å². The Balaban J connectivity index is 2.01. The minimum atomic E-state index is 0.0394. The van der Waals surface area contributed by atoms with Gasteiger partial charge >= 0.3 is 0 Å². The highest BCUT2D eigenvalue weighted by atomic mass is 15.0. The van der Waals surface area contributed by atoms with Crippen molar-refractivity contribution in [2.45, 2.75) is 57.0 Å². The second kappa shape index (κ2) is 7.64. The van der Waals surface area contributed by atoms with Crippen LogP contribution in [0.2, 0.25) is 0 Å². The third kappa shape index (κ3) is 4.23. The molecule has 2 N–H and O–H groups in total. The van der Waals surface area contributed by atoms with E-state index in [0.717, 1.165) is 25.0 Å². The molecule has 2 nitrogen and oxygen atoms in total. The molecule has 1 aromatic carbocycles. The summed E-state index contributed by atoms with van der Waals surface area (Å²) in [6.07, 6.45) is 9.25. The molecule has 0 spiro atoms. The summed E-state index contributed by atoms with van der Waals surface area (Å²) in [4.78, 5) is 0. The number of rotatable bonds is 7. The van der Waals surface area contributed by atoms with Crippen molar-refractivity contribution in [2.75, 3.05) is 7.05 Å². The average molecular weight is 298 g/mol. The van der Waals surface area contributed by atoms with E-state index in [-0.39, 0.29) is 11.6 Å². The van der Waals surface area contributed by atoms with Gasteiger partial charge in [0.15, 0.2) is 0 Å². The van der Waals surface area contributed by atoms with Gasteiger partial charge in [-0.25, -0.2) is 0 Å². The van der Waals surface area contributed by atoms with E-state index in [0.29, 0.717) is 0 Å². The van der Waals surface area contributed by atoms with Crippen LogP contribution in [-0.2, 0) is 6.42 Å². The SMILES string of the molecule is C=CC1(NC(=C)C(Cc2ccc(C)cc2)NC)CCCCC1. The Morgan fingerprint density at radius 2 is 1.86 bits per heavy atom. The minimum absolute atomic E-state index is 0.0394. The van der Waals surface area contributed by atoms with Crippen LogP contribution in [0.4, 0.5) is 0 Å². The molecule has 1 atom stereocenters. The number of benzene rings is 1. The summed E-state index contributed by atoms with van der Waals surface area (Å²) in [5.41, 5.74) is 3.75. The monoisotopic (exact) mass is 298 g/mol. The summed E-state index contributed by atoms with van der Waals surface area (Å²) in [5, 5.41) is 7.09. The quantitative estimate of drug-likeness (QED) is 0.740. The standard InChI is InChI=1S/C20H30N2/c1-5-20(13-7-6-8-14-20)22-17(3)19(21-4)15-18-11-9-16(2)10-12-18/h5,9-12,19,21-22H,1,3,6-8,13-15H2,2,4H3. The number of hydrogen-bond acceptors (Lipinski definition) is 2. The van der Waals surface area contributed by atoms with Crippen LogP contribution in [0.15, 0.2) is 49.2 Å². The van der Waals surface area contributed by atoms with Crippen molar-refractivity contribution in [1.82, 2.24) is 10.6 Å². The van der Waals surface area contributed by atoms with Crippen molar-refractivity contribution >= 4 is 0 Å². The van der Waals surface area contributed by atoms with Crippen LogP contribution in [0.3, 0.4) is 0 Å². The Bertz CT molecular complexity index is 495. The third-order valence-electron chi connectivity index (χ3n) is 4.88. The molecule has 0 bridgehead atoms. The highest BCUT2D eigenvalue weighted by Gasteiger charge is 2.30. The van der Waals surface area contributed by atoms with E-state index < -0.39 is 0 Å². The summed E-state index contributed by atoms with van der Waals surface area (Å²) < 4.78 is 0. The third-order valence-corrected chi connectivity index (χ3v) is 4.88. The van der Waals surface area contributed by atoms with Crippen molar-refractivity contribution in [1.29, 1.82) is 0 Å². The van der Waals surface area contributed by atoms with Crippen molar-refractivity contribution in [3.63, 3.8) is 0 Å². The van der Waals surface area contributed by atoms with E-state index in [4.69, 9.17) is 0 Å². The zero-order valence-electron chi connectivity index (χ0n) is 14.1. The van der Waals surface area contributed by atoms with Gasteiger partial charge in [-0.1, -0.05) is 61.7 Å². The van der Waals surface area contributed by atoms with Crippen LogP contribution < -0.4 is 10.6 Å². The van der Waals surface area contributed by atoms with Crippen LogP contribution in [-0.4, -0.2) is 18.6 Å². The molecule has 1 unspecified atom stereocenters. The Hall–Kier alpha value is -1.54. The van der Waals surface area contributed by atoms with Gasteiger partial charge in [0.25, 0.3) is 0 Å². The van der Waals surface area contributed by atoms with Crippen LogP contribution in [0.5, 0.6) is 0 Å². The molecule has 1 saturated carbocycles. The Morgan fingerprint density at radius 1 is 1.23 bits per heavy atom. The van der Waals surface area contributed by atoms with Crippen LogP contribution in [0.1, 0.15) is 43.2 Å². The van der Waals surface area contributed by atoms with Gasteiger partial charge in [-0.2, -0.15) is 0 Å². The molecular formula is C20H30N2. The van der Waals surface area contributed by atoms with E-state index in [1.807, 2.05) is 7.05 Å². The zero-order valence-corrected chi connectivity index (χ0v) is 14.1. The first kappa shape index (κ1) is 16.8. The summed E-state index contributed by atoms with van der Waals surface area (Å²) in [7, 11) is 2.01. The van der Waals surface area contributed by atoms with Crippen LogP contribution in [0.25, 0.3) is 0 Å². The number of hydrogen-bond donors (Lipinski definition) is 2. The predicted molar refractivity (Wildman–Crippen MR) is 96.0 cm³/mol. The van der Waals surface area contributed by atoms with Crippen molar-refractivity contribution in [2.24, 2.45) is 0 Å². The second-order valence-corrected chi connectivity index (χ2v) is 6.60. The van der Waals surface area contributed by atoms with Crippen LogP contribution >= 0.6 is 0 Å². The maximum absolute atomic E-state index is 4.31. The highest BCUT2D eigenvalue weighted by Crippen LogP contribution is 2.30. The molecule has 0 saturated heterocycles. The van der Waals surface area contributed by atoms with Gasteiger partial charge in [-0.05, 0) is 38.8 Å². The Kier molecular flexibility index (Phi) is 5.84. The van der Waals surface area contributed by atoms with E-state index in [9.17, 15) is 0 Å². The number of nitrogens with one attached hydrogen (secondary N) is 2. The maximum atomic E-state index is 4.31. The lowest BCUT2D eigenvalue weighted by atomic mass is 9.81. The minimum Gasteiger partial charge on any atom is -0.379 e. The molecule has 0 heterocycles. The van der Waals surface area contributed by atoms with Gasteiger partial charge < -0.3 is 10.6 Å². The van der Waals surface area contributed by atoms with E-state index in [2.05, 4.69) is 61.1 Å². The fraction of sp³-hybridized carbons (Fsp3) is 0.500. The van der Waals surface area contributed by atoms with Gasteiger partial charge in [0.1, 0.15) is 0 Å². The lowest BCUT2D eigenvalue weighted by Gasteiger charge is -2.38. The molecule has 120 valence electrons. The Morgan fingerprint density at radius 3 is 2.41 bits per heavy atom. The molecule has 1 aliphatic rings. The normalized spacial score (nSPS) is 18.5. The molecule has 0 aromatic heterocycles. The van der Waals surface area contributed by atoms with Crippen molar-refractivity contribution < 1.29 is 0 Å². The molecule has 0 aliphatic heterocycles. The summed E-state index contributed by atoms with van der Waals surface area (Å²) in [5.74, 6) is 0. The summed E-state index contributed by atoms with van der Waals surface area (Å²) in [6.45, 7) is 10.5. The highest BCUT2D eigenvalue weighted by molar-refractivity contribution is 5.24. The summed E-state index contributed by atoms with van der Waals surface area (Å²) in [6, 6.07) is 8.99. The van der Waals surface area contributed by atoms with Gasteiger partial charge in [0.05, 0.1) is 11.6 Å². The molecule has 0 radical (unpaired) electrons. The van der Waals surface area contributed by atoms with Gasteiger partial charge in [0.2, 0.25) is 0 Å². The smallest absolute Gasteiger partial charge is 0.0551 e. The molecule has 22 heavy (non-hydrogen) atoms. The lowest BCUT2D eigenvalue weighted by Crippen LogP contribution is -2.48. The van der Waals surface area contributed by atoms with Crippen molar-refractivity contribution in [3.8, 4) is 0 Å². The molecule has 1 fully saturated rings. The lowest BCUT2D eigenvalue weighted by molar-refractivity contribution is 0.302. The summed E-state index contributed by atoms with van der Waals surface area (Å²) >= 11 is 0. The first-order valence-corrected chi connectivity index (χ1v) is 8.42. The molecule has 1 aliphatic carbocycles. The Labute approximate surface area is 135 Å². The molecule has 2 heteroatoms. The number of aryl methyl sites for hydroxylation is 1. The topological polar surface area (TPSA) is 24.1 Å². The molecular weight excluding hydrogens is 268 g/mol. The second-order valence-electron chi connectivity index (χ2n) is 6.60. The molecule has 2 rings (SSSR count). The van der Waals surface area contributed by atoms with Crippen LogP contribution in [0, 0.1) is 6.92 Å². The molecule has 1 aromatic rings. The number of likely N-dealkylation sites (N-methyl/N-ethyl adjacent to an activating group) is 1. The van der Waals surface area contributed by atoms with E-state index >= 15 is 0 Å². The van der Waals surface area contributed by atoms with Gasteiger partial charge in [0, 0.05) is 5.70 Å². The predicted octanol–water partition coefficient (Wildman–Crippen LogP) is 4.12. The molecule has 0 amide bonds. The van der Waals surface area contributed by atoms with E-state index in [1.165, 1.54) is 30.4 Å². The first-order valence-electron chi connectivity index (χ1n) is 8.42. The van der Waals surface area contributed by atoms with Crippen molar-refractivity contribution in [3.05, 3.63) is 60.3 Å².